The van der Waals surface area contributed by atoms with Gasteiger partial charge in [-0.2, -0.15) is 0 Å². The first kappa shape index (κ1) is 74.1. The number of hydrogen-bond donors (Lipinski definition) is 5. The number of nitrogens with zero attached hydrogens (tertiary/aromatic N) is 3. The lowest BCUT2D eigenvalue weighted by Gasteiger charge is -2.33. The number of nitrogens with one attached hydrogen (secondary N) is 5. The van der Waals surface area contributed by atoms with Gasteiger partial charge >= 0.3 is 18.3 Å². The van der Waals surface area contributed by atoms with E-state index in [0.29, 0.717) is 87.5 Å². The summed E-state index contributed by atoms with van der Waals surface area (Å²) in [4.78, 5) is 74.7. The summed E-state index contributed by atoms with van der Waals surface area (Å²) in [5, 5.41) is 10.1. The SMILES string of the molecule is CC(C)OC(=O)Nc1ccc(-c2ncc(-c3ccc(CCC(=O)C4CCN(C(=O)OC(C)(C)C)CC4)cc3S(=O)(=O)NC(C)(C)C)s2)cc1.CC(C)OC(=O)Nc1ccc(-c2ncc(-c3ccc(CCC(=O)C4CCNCC4)cc3S(=O)(=O)NC(C)(C)C)s2)cc1.O. The lowest BCUT2D eigenvalue weighted by Crippen LogP contribution is -2.43. The number of ether oxygens (including phenoxy) is 3. The van der Waals surface area contributed by atoms with Gasteiger partial charge in [0.05, 0.1) is 31.8 Å². The van der Waals surface area contributed by atoms with Crippen molar-refractivity contribution >= 4 is 83.9 Å². The molecule has 4 aromatic carbocycles. The number of thiazole rings is 2. The van der Waals surface area contributed by atoms with E-state index in [4.69, 9.17) is 14.2 Å². The Bertz CT molecular complexity index is 3740. The number of sulfonamides is 2. The monoisotopic (exact) mass is 1340 g/mol. The number of hydrogen-bond acceptors (Lipinski definition) is 17. The van der Waals surface area contributed by atoms with Gasteiger partial charge in [0.2, 0.25) is 20.0 Å². The first-order valence-corrected chi connectivity index (χ1v) is 35.4. The molecule has 4 heterocycles. The minimum absolute atomic E-state index is 0. The number of anilines is 2. The van der Waals surface area contributed by atoms with E-state index in [9.17, 15) is 40.8 Å². The lowest BCUT2D eigenvalue weighted by molar-refractivity contribution is -0.124. The number of amides is 3. The van der Waals surface area contributed by atoms with Crippen molar-refractivity contribution in [1.29, 1.82) is 0 Å². The molecule has 2 aromatic heterocycles. The number of carbonyl (C=O) groups excluding carboxylic acids is 5. The molecule has 0 aliphatic carbocycles. The summed E-state index contributed by atoms with van der Waals surface area (Å²) in [6, 6.07) is 25.1. The smallest absolute Gasteiger partial charge is 0.411 e. The van der Waals surface area contributed by atoms with Gasteiger partial charge in [0.25, 0.3) is 0 Å². The summed E-state index contributed by atoms with van der Waals surface area (Å²) < 4.78 is 75.9. The molecule has 0 saturated carbocycles. The first-order valence-electron chi connectivity index (χ1n) is 30.8. The quantitative estimate of drug-likeness (QED) is 0.0444. The number of carbonyl (C=O) groups is 5. The molecular weight excluding hydrogens is 1250 g/mol. The molecule has 25 heteroatoms. The van der Waals surface area contributed by atoms with E-state index in [1.54, 1.807) is 129 Å². The highest BCUT2D eigenvalue weighted by Crippen LogP contribution is 2.39. The van der Waals surface area contributed by atoms with Crippen LogP contribution >= 0.6 is 22.7 Å². The molecule has 2 aliphatic heterocycles. The van der Waals surface area contributed by atoms with E-state index in [1.807, 2.05) is 63.2 Å². The highest BCUT2D eigenvalue weighted by Gasteiger charge is 2.32. The number of ketones is 2. The van der Waals surface area contributed by atoms with E-state index >= 15 is 0 Å². The van der Waals surface area contributed by atoms with Gasteiger partial charge in [0.1, 0.15) is 27.2 Å². The van der Waals surface area contributed by atoms with Crippen LogP contribution in [0.15, 0.2) is 107 Å². The molecule has 2 fully saturated rings. The molecule has 0 atom stereocenters. The fourth-order valence-electron chi connectivity index (χ4n) is 10.2. The lowest BCUT2D eigenvalue weighted by atomic mass is 9.89. The van der Waals surface area contributed by atoms with Crippen LogP contribution in [0.25, 0.3) is 42.0 Å². The van der Waals surface area contributed by atoms with Gasteiger partial charge in [-0.05, 0) is 213 Å². The van der Waals surface area contributed by atoms with Crippen molar-refractivity contribution < 1.29 is 60.5 Å². The van der Waals surface area contributed by atoms with E-state index in [2.05, 4.69) is 35.4 Å². The summed E-state index contributed by atoms with van der Waals surface area (Å²) in [7, 11) is -7.82. The van der Waals surface area contributed by atoms with Crippen LogP contribution < -0.4 is 25.4 Å². The number of rotatable bonds is 20. The molecule has 0 radical (unpaired) electrons. The second kappa shape index (κ2) is 31.8. The average Bonchev–Trinajstić information content (AvgIpc) is 1.33. The number of likely N-dealkylation sites (tertiary alicyclic amines) is 1. The maximum Gasteiger partial charge on any atom is 0.411 e. The van der Waals surface area contributed by atoms with Crippen molar-refractivity contribution in [3.63, 3.8) is 0 Å². The molecule has 0 spiro atoms. The molecule has 0 bridgehead atoms. The average molecular weight is 1340 g/mol. The third kappa shape index (κ3) is 22.4. The minimum Gasteiger partial charge on any atom is -0.447 e. The maximum absolute atomic E-state index is 13.7. The van der Waals surface area contributed by atoms with Gasteiger partial charge in [-0.1, -0.05) is 24.3 Å². The fourth-order valence-corrected chi connectivity index (χ4v) is 15.6. The molecule has 2 aliphatic rings. The van der Waals surface area contributed by atoms with Crippen LogP contribution in [0.1, 0.15) is 140 Å². The fraction of sp³-hybridized carbons (Fsp3) is 0.478. The Morgan fingerprint density at radius 1 is 0.576 bits per heavy atom. The standard InChI is InChI=1S/C36H48N4O7S2.C31H40N4O5S2.H2O/c1-23(2)46-33(42)38-27-13-11-26(12-14-27)32-37-22-30(48-32)28-15-9-24(21-31(28)49(44,45)39-35(3,4)5)10-16-29(41)25-17-19-40(20-18-25)34(43)47-36(6,7)8;1-20(2)40-30(37)34-24-10-8-23(9-11-24)29-33-19-27(41-29)25-12-6-21(7-13-26(36)22-14-16-32-17-15-22)18-28(25)42(38,39)35-31(3,4)5;/h9,11-15,21-23,25,39H,10,16-20H2,1-8H3,(H,38,42);6,8-12,18-20,22,32,35H,7,13-17H2,1-5H3,(H,34,37);1H2. The molecule has 0 unspecified atom stereocenters. The zero-order valence-electron chi connectivity index (χ0n) is 54.9. The van der Waals surface area contributed by atoms with Crippen LogP contribution in [-0.2, 0) is 56.7 Å². The van der Waals surface area contributed by atoms with Crippen LogP contribution in [0, 0.1) is 11.8 Å². The van der Waals surface area contributed by atoms with E-state index in [-0.39, 0.29) is 63.4 Å². The van der Waals surface area contributed by atoms with Crippen LogP contribution in [-0.4, -0.2) is 122 Å². The Hall–Kier alpha value is -6.97. The van der Waals surface area contributed by atoms with Crippen molar-refractivity contribution in [2.75, 3.05) is 36.8 Å². The number of aromatic nitrogens is 2. The number of piperidine rings is 2. The predicted octanol–water partition coefficient (Wildman–Crippen LogP) is 12.8. The topological polar surface area (TPSA) is 302 Å². The third-order valence-electron chi connectivity index (χ3n) is 14.3. The van der Waals surface area contributed by atoms with Crippen molar-refractivity contribution in [2.45, 2.75) is 180 Å². The van der Waals surface area contributed by atoms with E-state index in [0.717, 1.165) is 48.2 Å². The summed E-state index contributed by atoms with van der Waals surface area (Å²) >= 11 is 2.74. The van der Waals surface area contributed by atoms with E-state index in [1.165, 1.54) is 22.7 Å². The summed E-state index contributed by atoms with van der Waals surface area (Å²) in [5.41, 5.74) is 3.46. The highest BCUT2D eigenvalue weighted by atomic mass is 32.2. The molecule has 500 valence electrons. The molecule has 92 heavy (non-hydrogen) atoms. The van der Waals surface area contributed by atoms with Crippen molar-refractivity contribution in [1.82, 2.24) is 29.6 Å². The molecule has 6 aromatic rings. The Morgan fingerprint density at radius 3 is 1.32 bits per heavy atom. The second-order valence-electron chi connectivity index (χ2n) is 26.4. The van der Waals surface area contributed by atoms with Gasteiger partial charge in [0, 0.05) is 94.9 Å². The molecule has 8 rings (SSSR count). The summed E-state index contributed by atoms with van der Waals surface area (Å²) in [6.07, 6.45) is 5.85. The van der Waals surface area contributed by atoms with Gasteiger partial charge < -0.3 is 29.9 Å². The number of Topliss-reactive ketones (excluding diaryl/α,β-unsaturated/α-hetero) is 2. The van der Waals surface area contributed by atoms with Crippen molar-refractivity contribution in [3.8, 4) is 42.0 Å². The normalized spacial score (nSPS) is 14.4. The molecule has 21 nitrogen and oxygen atoms in total. The zero-order chi connectivity index (χ0) is 66.6. The summed E-state index contributed by atoms with van der Waals surface area (Å²) in [5.74, 6) is 0.266. The maximum atomic E-state index is 13.7. The van der Waals surface area contributed by atoms with Crippen LogP contribution in [0.5, 0.6) is 0 Å². The molecule has 3 amide bonds. The molecular formula is C67H90N8O13S4. The van der Waals surface area contributed by atoms with Crippen molar-refractivity contribution in [2.24, 2.45) is 11.8 Å². The third-order valence-corrected chi connectivity index (χ3v) is 20.0. The minimum atomic E-state index is -3.94. The van der Waals surface area contributed by atoms with Gasteiger partial charge in [-0.15, -0.1) is 22.7 Å². The van der Waals surface area contributed by atoms with Crippen LogP contribution in [0.4, 0.5) is 25.8 Å². The predicted molar refractivity (Wildman–Crippen MR) is 363 cm³/mol. The molecule has 2 saturated heterocycles. The molecule has 7 N–H and O–H groups in total. The van der Waals surface area contributed by atoms with Crippen molar-refractivity contribution in [3.05, 3.63) is 108 Å². The van der Waals surface area contributed by atoms with Gasteiger partial charge in [-0.25, -0.2) is 50.6 Å². The first-order chi connectivity index (χ1) is 42.6. The number of benzene rings is 4. The Labute approximate surface area is 550 Å². The van der Waals surface area contributed by atoms with E-state index < -0.39 is 48.9 Å². The largest absolute Gasteiger partial charge is 0.447 e. The Morgan fingerprint density at radius 2 is 0.957 bits per heavy atom. The van der Waals surface area contributed by atoms with Gasteiger partial charge in [0.15, 0.2) is 0 Å². The van der Waals surface area contributed by atoms with Crippen LogP contribution in [0.3, 0.4) is 0 Å². The second-order valence-corrected chi connectivity index (χ2v) is 31.8. The zero-order valence-corrected chi connectivity index (χ0v) is 58.2. The van der Waals surface area contributed by atoms with Crippen LogP contribution in [0.2, 0.25) is 0 Å². The Kier molecular flexibility index (Phi) is 25.6. The van der Waals surface area contributed by atoms with Gasteiger partial charge in [-0.3, -0.25) is 20.2 Å². The highest BCUT2D eigenvalue weighted by molar-refractivity contribution is 7.90. The summed E-state index contributed by atoms with van der Waals surface area (Å²) in [6.45, 7) is 26.0. The Balaban J connectivity index is 0.000000292. The number of aryl methyl sites for hydroxylation is 2.